The number of Topliss-reactive ketones (excluding diaryl/α,β-unsaturated/α-hetero) is 1. The van der Waals surface area contributed by atoms with Gasteiger partial charge in [-0.3, -0.25) is 14.5 Å². The lowest BCUT2D eigenvalue weighted by molar-refractivity contribution is -0.130. The number of hydrogen-bond donors (Lipinski definition) is 0. The van der Waals surface area contributed by atoms with Crippen molar-refractivity contribution in [2.75, 3.05) is 26.2 Å². The maximum atomic E-state index is 12.9. The summed E-state index contributed by atoms with van der Waals surface area (Å²) in [6.07, 6.45) is 5.65. The molecule has 2 heterocycles. The van der Waals surface area contributed by atoms with E-state index in [1.54, 1.807) is 6.92 Å². The van der Waals surface area contributed by atoms with Gasteiger partial charge in [0.05, 0.1) is 0 Å². The Labute approximate surface area is 198 Å². The molecule has 0 N–H and O–H groups in total. The van der Waals surface area contributed by atoms with Crippen molar-refractivity contribution in [2.24, 2.45) is 5.92 Å². The highest BCUT2D eigenvalue weighted by Gasteiger charge is 2.22. The zero-order valence-corrected chi connectivity index (χ0v) is 19.9. The first-order chi connectivity index (χ1) is 15.1. The van der Waals surface area contributed by atoms with Crippen molar-refractivity contribution in [1.82, 2.24) is 9.80 Å². The van der Waals surface area contributed by atoms with Gasteiger partial charge in [-0.2, -0.15) is 0 Å². The number of piperidine rings is 1. The van der Waals surface area contributed by atoms with Crippen molar-refractivity contribution in [3.8, 4) is 0 Å². The van der Waals surface area contributed by atoms with E-state index in [1.807, 2.05) is 11.0 Å². The summed E-state index contributed by atoms with van der Waals surface area (Å²) in [4.78, 5) is 28.8. The Hall–Kier alpha value is -2.17. The molecule has 1 fully saturated rings. The highest BCUT2D eigenvalue weighted by Crippen LogP contribution is 2.24. The zero-order chi connectivity index (χ0) is 21.6. The van der Waals surface area contributed by atoms with Crippen molar-refractivity contribution < 1.29 is 9.59 Å². The fourth-order valence-electron chi connectivity index (χ4n) is 4.96. The molecule has 0 atom stereocenters. The lowest BCUT2D eigenvalue weighted by atomic mass is 9.89. The van der Waals surface area contributed by atoms with Crippen molar-refractivity contribution in [1.29, 1.82) is 0 Å². The van der Waals surface area contributed by atoms with Crippen LogP contribution in [0.25, 0.3) is 0 Å². The minimum atomic E-state index is 0. The molecule has 0 saturated carbocycles. The van der Waals surface area contributed by atoms with Crippen LogP contribution in [-0.4, -0.2) is 47.7 Å². The van der Waals surface area contributed by atoms with Gasteiger partial charge in [-0.25, -0.2) is 0 Å². The number of amides is 1. The number of carbonyl (C=O) groups is 2. The third kappa shape index (κ3) is 6.43. The lowest BCUT2D eigenvalue weighted by Crippen LogP contribution is -2.37. The molecule has 0 aliphatic carbocycles. The predicted octanol–water partition coefficient (Wildman–Crippen LogP) is 4.93. The van der Waals surface area contributed by atoms with Crippen molar-refractivity contribution in [3.63, 3.8) is 0 Å². The highest BCUT2D eigenvalue weighted by atomic mass is 35.5. The Morgan fingerprint density at radius 3 is 2.28 bits per heavy atom. The van der Waals surface area contributed by atoms with Crippen LogP contribution in [0, 0.1) is 5.92 Å². The molecule has 0 unspecified atom stereocenters. The molecular weight excluding hydrogens is 420 g/mol. The summed E-state index contributed by atoms with van der Waals surface area (Å²) in [6.45, 7) is 6.41. The maximum Gasteiger partial charge on any atom is 0.219 e. The predicted molar refractivity (Wildman–Crippen MR) is 131 cm³/mol. The minimum Gasteiger partial charge on any atom is -0.343 e. The number of fused-ring (bicyclic) bond motifs is 1. The van der Waals surface area contributed by atoms with E-state index < -0.39 is 0 Å². The Morgan fingerprint density at radius 1 is 0.906 bits per heavy atom. The van der Waals surface area contributed by atoms with Gasteiger partial charge in [0, 0.05) is 51.6 Å². The van der Waals surface area contributed by atoms with Gasteiger partial charge in [-0.05, 0) is 60.8 Å². The minimum absolute atomic E-state index is 0. The SMILES string of the molecule is CC(=O)N1CCC(CCC(=O)c2ccc3c(c2)CCN(Cc2ccccc2)CC3)CC1.Cl. The molecule has 0 radical (unpaired) electrons. The molecule has 172 valence electrons. The van der Waals surface area contributed by atoms with Gasteiger partial charge >= 0.3 is 0 Å². The quantitative estimate of drug-likeness (QED) is 0.581. The largest absolute Gasteiger partial charge is 0.343 e. The smallest absolute Gasteiger partial charge is 0.219 e. The maximum absolute atomic E-state index is 12.9. The van der Waals surface area contributed by atoms with Gasteiger partial charge < -0.3 is 4.90 Å². The molecule has 32 heavy (non-hydrogen) atoms. The van der Waals surface area contributed by atoms with Crippen LogP contribution < -0.4 is 0 Å². The van der Waals surface area contributed by atoms with Crippen LogP contribution >= 0.6 is 12.4 Å². The molecule has 1 saturated heterocycles. The van der Waals surface area contributed by atoms with E-state index in [2.05, 4.69) is 47.4 Å². The topological polar surface area (TPSA) is 40.6 Å². The monoisotopic (exact) mass is 454 g/mol. The molecular formula is C27H35ClN2O2. The van der Waals surface area contributed by atoms with Gasteiger partial charge in [-0.1, -0.05) is 42.5 Å². The standard InChI is InChI=1S/C27H34N2O2.ClH/c1-21(30)29-17-11-22(12-18-29)7-10-27(31)26-9-8-24-13-15-28(16-14-25(24)19-26)20-23-5-3-2-4-6-23;/h2-6,8-9,19,22H,7,10-18,20H2,1H3;1H. The van der Waals surface area contributed by atoms with E-state index in [9.17, 15) is 9.59 Å². The summed E-state index contributed by atoms with van der Waals surface area (Å²) < 4.78 is 0. The summed E-state index contributed by atoms with van der Waals surface area (Å²) in [5, 5.41) is 0. The second-order valence-corrected chi connectivity index (χ2v) is 9.16. The molecule has 4 rings (SSSR count). The van der Waals surface area contributed by atoms with Gasteiger partial charge in [0.2, 0.25) is 5.91 Å². The highest BCUT2D eigenvalue weighted by molar-refractivity contribution is 5.96. The first-order valence-electron chi connectivity index (χ1n) is 11.8. The molecule has 0 spiro atoms. The van der Waals surface area contributed by atoms with E-state index in [4.69, 9.17) is 0 Å². The van der Waals surface area contributed by atoms with Gasteiger partial charge in [0.1, 0.15) is 0 Å². The van der Waals surface area contributed by atoms with Gasteiger partial charge in [0.25, 0.3) is 0 Å². The second-order valence-electron chi connectivity index (χ2n) is 9.16. The fourth-order valence-corrected chi connectivity index (χ4v) is 4.96. The molecule has 0 bridgehead atoms. The number of halogens is 1. The summed E-state index contributed by atoms with van der Waals surface area (Å²) in [6, 6.07) is 17.0. The number of carbonyl (C=O) groups excluding carboxylic acids is 2. The van der Waals surface area contributed by atoms with E-state index in [-0.39, 0.29) is 24.1 Å². The normalized spacial score (nSPS) is 17.2. The van der Waals surface area contributed by atoms with E-state index >= 15 is 0 Å². The van der Waals surface area contributed by atoms with Crippen molar-refractivity contribution in [3.05, 3.63) is 70.8 Å². The van der Waals surface area contributed by atoms with E-state index in [0.717, 1.165) is 70.4 Å². The average Bonchev–Trinajstić information content (AvgIpc) is 3.00. The first kappa shape index (κ1) is 24.5. The van der Waals surface area contributed by atoms with E-state index in [1.165, 1.54) is 16.7 Å². The third-order valence-electron chi connectivity index (χ3n) is 7.01. The van der Waals surface area contributed by atoms with Crippen LogP contribution in [-0.2, 0) is 24.2 Å². The first-order valence-corrected chi connectivity index (χ1v) is 11.8. The van der Waals surface area contributed by atoms with Crippen LogP contribution in [0.4, 0.5) is 0 Å². The number of likely N-dealkylation sites (tertiary alicyclic amines) is 1. The van der Waals surface area contributed by atoms with Gasteiger partial charge in [-0.15, -0.1) is 12.4 Å². The Kier molecular flexibility index (Phi) is 8.89. The summed E-state index contributed by atoms with van der Waals surface area (Å²) >= 11 is 0. The number of benzene rings is 2. The molecule has 0 aromatic heterocycles. The lowest BCUT2D eigenvalue weighted by Gasteiger charge is -2.31. The zero-order valence-electron chi connectivity index (χ0n) is 19.1. The second kappa shape index (κ2) is 11.6. The molecule has 4 nitrogen and oxygen atoms in total. The third-order valence-corrected chi connectivity index (χ3v) is 7.01. The molecule has 2 aliphatic rings. The number of nitrogens with zero attached hydrogens (tertiary/aromatic N) is 2. The average molecular weight is 455 g/mol. The Balaban J connectivity index is 0.00000289. The summed E-state index contributed by atoms with van der Waals surface area (Å²) in [5.74, 6) is 0.996. The molecule has 2 aromatic carbocycles. The summed E-state index contributed by atoms with van der Waals surface area (Å²) in [7, 11) is 0. The number of ketones is 1. The van der Waals surface area contributed by atoms with Crippen LogP contribution in [0.1, 0.15) is 59.7 Å². The summed E-state index contributed by atoms with van der Waals surface area (Å²) in [5.41, 5.74) is 4.97. The van der Waals surface area contributed by atoms with Crippen molar-refractivity contribution >= 4 is 24.1 Å². The van der Waals surface area contributed by atoms with Crippen LogP contribution in [0.2, 0.25) is 0 Å². The Morgan fingerprint density at radius 2 is 1.59 bits per heavy atom. The van der Waals surface area contributed by atoms with Crippen LogP contribution in [0.3, 0.4) is 0 Å². The molecule has 1 amide bonds. The fraction of sp³-hybridized carbons (Fsp3) is 0.481. The molecule has 5 heteroatoms. The van der Waals surface area contributed by atoms with E-state index in [0.29, 0.717) is 12.3 Å². The number of hydrogen-bond acceptors (Lipinski definition) is 3. The van der Waals surface area contributed by atoms with Crippen LogP contribution in [0.5, 0.6) is 0 Å². The van der Waals surface area contributed by atoms with Crippen LogP contribution in [0.15, 0.2) is 48.5 Å². The number of rotatable bonds is 6. The molecule has 2 aliphatic heterocycles. The van der Waals surface area contributed by atoms with Gasteiger partial charge in [0.15, 0.2) is 5.78 Å². The van der Waals surface area contributed by atoms with Crippen molar-refractivity contribution in [2.45, 2.75) is 52.0 Å². The Bertz CT molecular complexity index is 907. The molecule has 2 aromatic rings.